The number of nitrogens with zero attached hydrogens (tertiary/aromatic N) is 3. The van der Waals surface area contributed by atoms with E-state index in [2.05, 4.69) is 84.4 Å². The zero-order valence-corrected chi connectivity index (χ0v) is 20.0. The van der Waals surface area contributed by atoms with Crippen molar-refractivity contribution in [2.24, 2.45) is 4.99 Å². The standard InChI is InChI=1S/C28H32N4O2/c1-20-10-12-23(13-11-20)18-29-28(30-25-8-5-7-24(17-25)27(33)34)31-14-15-32(22(3)19-31)26-9-4-6-21(2)16-26/h4-13,16-17,22H,14-15,18-19H2,1-3H3,(H,29,30)(H,33,34)/t22-/m0/s1. The Morgan fingerprint density at radius 3 is 2.47 bits per heavy atom. The molecule has 1 aliphatic heterocycles. The Labute approximate surface area is 201 Å². The van der Waals surface area contributed by atoms with Crippen LogP contribution >= 0.6 is 0 Å². The van der Waals surface area contributed by atoms with E-state index in [1.165, 1.54) is 16.8 Å². The lowest BCUT2D eigenvalue weighted by Crippen LogP contribution is -2.55. The summed E-state index contributed by atoms with van der Waals surface area (Å²) in [6, 6.07) is 24.2. The van der Waals surface area contributed by atoms with Crippen LogP contribution in [0.1, 0.15) is 34.0 Å². The molecule has 6 heteroatoms. The average molecular weight is 457 g/mol. The lowest BCUT2D eigenvalue weighted by molar-refractivity contribution is 0.0697. The number of hydrogen-bond donors (Lipinski definition) is 2. The lowest BCUT2D eigenvalue weighted by atomic mass is 10.1. The fraction of sp³-hybridized carbons (Fsp3) is 0.286. The number of carboxylic acid groups (broad SMARTS) is 1. The molecule has 0 unspecified atom stereocenters. The second-order valence-electron chi connectivity index (χ2n) is 8.96. The highest BCUT2D eigenvalue weighted by Crippen LogP contribution is 2.22. The fourth-order valence-electron chi connectivity index (χ4n) is 4.28. The van der Waals surface area contributed by atoms with Crippen LogP contribution in [-0.2, 0) is 6.54 Å². The van der Waals surface area contributed by atoms with Gasteiger partial charge in [-0.05, 0) is 62.2 Å². The topological polar surface area (TPSA) is 68.2 Å². The highest BCUT2D eigenvalue weighted by Gasteiger charge is 2.26. The quantitative estimate of drug-likeness (QED) is 0.409. The predicted molar refractivity (Wildman–Crippen MR) is 139 cm³/mol. The summed E-state index contributed by atoms with van der Waals surface area (Å²) in [5, 5.41) is 12.8. The summed E-state index contributed by atoms with van der Waals surface area (Å²) in [5.74, 6) is -0.180. The summed E-state index contributed by atoms with van der Waals surface area (Å²) >= 11 is 0. The molecule has 3 aromatic carbocycles. The maximum Gasteiger partial charge on any atom is 0.335 e. The molecule has 1 fully saturated rings. The van der Waals surface area contributed by atoms with Gasteiger partial charge in [0, 0.05) is 37.1 Å². The van der Waals surface area contributed by atoms with E-state index < -0.39 is 5.97 Å². The smallest absolute Gasteiger partial charge is 0.335 e. The van der Waals surface area contributed by atoms with Crippen molar-refractivity contribution >= 4 is 23.3 Å². The van der Waals surface area contributed by atoms with Gasteiger partial charge in [-0.15, -0.1) is 0 Å². The van der Waals surface area contributed by atoms with E-state index in [-0.39, 0.29) is 5.56 Å². The maximum atomic E-state index is 11.4. The van der Waals surface area contributed by atoms with Crippen molar-refractivity contribution in [2.45, 2.75) is 33.4 Å². The van der Waals surface area contributed by atoms with Crippen LogP contribution < -0.4 is 10.2 Å². The van der Waals surface area contributed by atoms with Crippen LogP contribution in [0.25, 0.3) is 0 Å². The summed E-state index contributed by atoms with van der Waals surface area (Å²) < 4.78 is 0. The molecule has 4 rings (SSSR count). The van der Waals surface area contributed by atoms with Crippen LogP contribution in [0, 0.1) is 13.8 Å². The maximum absolute atomic E-state index is 11.4. The number of carboxylic acids is 1. The molecule has 0 saturated carbocycles. The van der Waals surface area contributed by atoms with Crippen LogP contribution in [-0.4, -0.2) is 47.6 Å². The molecule has 1 saturated heterocycles. The third-order valence-electron chi connectivity index (χ3n) is 6.16. The molecule has 0 bridgehead atoms. The van der Waals surface area contributed by atoms with Gasteiger partial charge in [0.2, 0.25) is 0 Å². The average Bonchev–Trinajstić information content (AvgIpc) is 2.83. The number of guanidine groups is 1. The minimum absolute atomic E-state index is 0.250. The SMILES string of the molecule is Cc1ccc(CN=C(Nc2cccc(C(=O)O)c2)N2CCN(c3cccc(C)c3)[C@@H](C)C2)cc1. The number of rotatable bonds is 5. The minimum Gasteiger partial charge on any atom is -0.478 e. The molecule has 0 spiro atoms. The molecular weight excluding hydrogens is 424 g/mol. The van der Waals surface area contributed by atoms with Gasteiger partial charge in [-0.2, -0.15) is 0 Å². The van der Waals surface area contributed by atoms with Crippen molar-refractivity contribution in [3.63, 3.8) is 0 Å². The monoisotopic (exact) mass is 456 g/mol. The molecule has 0 aromatic heterocycles. The van der Waals surface area contributed by atoms with Gasteiger partial charge in [0.25, 0.3) is 0 Å². The van der Waals surface area contributed by atoms with E-state index in [1.54, 1.807) is 18.2 Å². The number of nitrogens with one attached hydrogen (secondary N) is 1. The fourth-order valence-corrected chi connectivity index (χ4v) is 4.28. The van der Waals surface area contributed by atoms with Gasteiger partial charge in [-0.1, -0.05) is 48.0 Å². The molecule has 1 atom stereocenters. The van der Waals surface area contributed by atoms with Crippen LogP contribution in [0.2, 0.25) is 0 Å². The summed E-state index contributed by atoms with van der Waals surface area (Å²) in [6.07, 6.45) is 0. The van der Waals surface area contributed by atoms with Crippen LogP contribution in [0.4, 0.5) is 11.4 Å². The van der Waals surface area contributed by atoms with E-state index >= 15 is 0 Å². The summed E-state index contributed by atoms with van der Waals surface area (Å²) in [7, 11) is 0. The van der Waals surface area contributed by atoms with Crippen molar-refractivity contribution in [1.82, 2.24) is 4.90 Å². The second-order valence-corrected chi connectivity index (χ2v) is 8.96. The van der Waals surface area contributed by atoms with Crippen LogP contribution in [0.5, 0.6) is 0 Å². The Morgan fingerprint density at radius 1 is 1.00 bits per heavy atom. The summed E-state index contributed by atoms with van der Waals surface area (Å²) in [6.45, 7) is 9.48. The first kappa shape index (κ1) is 23.4. The van der Waals surface area contributed by atoms with Gasteiger partial charge in [-0.3, -0.25) is 0 Å². The van der Waals surface area contributed by atoms with Gasteiger partial charge >= 0.3 is 5.97 Å². The Kier molecular flexibility index (Phi) is 7.16. The number of aliphatic imine (C=N–C) groups is 1. The Bertz CT molecular complexity index is 1170. The zero-order chi connectivity index (χ0) is 24.1. The van der Waals surface area contributed by atoms with Crippen LogP contribution in [0.3, 0.4) is 0 Å². The van der Waals surface area contributed by atoms with Crippen molar-refractivity contribution in [2.75, 3.05) is 29.9 Å². The van der Waals surface area contributed by atoms with Crippen molar-refractivity contribution in [1.29, 1.82) is 0 Å². The molecule has 1 heterocycles. The van der Waals surface area contributed by atoms with Gasteiger partial charge in [0.1, 0.15) is 0 Å². The number of piperazine rings is 1. The number of benzene rings is 3. The highest BCUT2D eigenvalue weighted by molar-refractivity contribution is 5.96. The van der Waals surface area contributed by atoms with Crippen molar-refractivity contribution < 1.29 is 9.90 Å². The number of carbonyl (C=O) groups is 1. The molecule has 0 aliphatic carbocycles. The number of anilines is 2. The van der Waals surface area contributed by atoms with E-state index in [1.807, 2.05) is 6.07 Å². The van der Waals surface area contributed by atoms with E-state index in [9.17, 15) is 9.90 Å². The van der Waals surface area contributed by atoms with E-state index in [0.29, 0.717) is 12.6 Å². The van der Waals surface area contributed by atoms with Crippen molar-refractivity contribution in [3.05, 3.63) is 95.1 Å². The van der Waals surface area contributed by atoms with Crippen molar-refractivity contribution in [3.8, 4) is 0 Å². The molecule has 0 amide bonds. The Morgan fingerprint density at radius 2 is 1.76 bits per heavy atom. The Balaban J connectivity index is 1.56. The normalized spacial score (nSPS) is 16.4. The number of hydrogen-bond acceptors (Lipinski definition) is 3. The number of aryl methyl sites for hydroxylation is 2. The zero-order valence-electron chi connectivity index (χ0n) is 20.0. The molecule has 2 N–H and O–H groups in total. The highest BCUT2D eigenvalue weighted by atomic mass is 16.4. The molecule has 176 valence electrons. The summed E-state index contributed by atoms with van der Waals surface area (Å²) in [4.78, 5) is 21.1. The number of aromatic carboxylic acids is 1. The first-order chi connectivity index (χ1) is 16.4. The molecule has 34 heavy (non-hydrogen) atoms. The largest absolute Gasteiger partial charge is 0.478 e. The van der Waals surface area contributed by atoms with Crippen LogP contribution in [0.15, 0.2) is 77.8 Å². The molecule has 1 aliphatic rings. The third kappa shape index (κ3) is 5.76. The minimum atomic E-state index is -0.942. The molecular formula is C28H32N4O2. The Hall–Kier alpha value is -3.80. The predicted octanol–water partition coefficient (Wildman–Crippen LogP) is 5.18. The molecule has 6 nitrogen and oxygen atoms in total. The van der Waals surface area contributed by atoms with E-state index in [0.717, 1.165) is 36.8 Å². The van der Waals surface area contributed by atoms with Gasteiger partial charge < -0.3 is 20.2 Å². The van der Waals surface area contributed by atoms with Gasteiger partial charge in [-0.25, -0.2) is 9.79 Å². The molecule has 3 aromatic rings. The molecule has 0 radical (unpaired) electrons. The first-order valence-electron chi connectivity index (χ1n) is 11.7. The second kappa shape index (κ2) is 10.4. The first-order valence-corrected chi connectivity index (χ1v) is 11.7. The van der Waals surface area contributed by atoms with Gasteiger partial charge in [0.15, 0.2) is 5.96 Å². The van der Waals surface area contributed by atoms with Gasteiger partial charge in [0.05, 0.1) is 12.1 Å². The summed E-state index contributed by atoms with van der Waals surface area (Å²) in [5.41, 5.74) is 5.82. The van der Waals surface area contributed by atoms with E-state index in [4.69, 9.17) is 4.99 Å². The lowest BCUT2D eigenvalue weighted by Gasteiger charge is -2.42. The third-order valence-corrected chi connectivity index (χ3v) is 6.16.